The van der Waals surface area contributed by atoms with E-state index in [2.05, 4.69) is 15.9 Å². The van der Waals surface area contributed by atoms with Crippen molar-refractivity contribution >= 4 is 39.6 Å². The van der Waals surface area contributed by atoms with Crippen LogP contribution in [-0.2, 0) is 19.1 Å². The Morgan fingerprint density at radius 1 is 1.03 bits per heavy atom. The number of ketones is 1. The fourth-order valence-corrected chi connectivity index (χ4v) is 6.28. The van der Waals surface area contributed by atoms with Gasteiger partial charge < -0.3 is 18.9 Å². The summed E-state index contributed by atoms with van der Waals surface area (Å²) < 4.78 is 21.1. The minimum absolute atomic E-state index is 0.0300. The van der Waals surface area contributed by atoms with E-state index >= 15 is 0 Å². The molecule has 0 unspecified atom stereocenters. The lowest BCUT2D eigenvalue weighted by Gasteiger charge is -2.26. The van der Waals surface area contributed by atoms with Gasteiger partial charge in [0.15, 0.2) is 12.4 Å². The van der Waals surface area contributed by atoms with E-state index in [9.17, 15) is 19.2 Å². The van der Waals surface area contributed by atoms with Crippen LogP contribution in [-0.4, -0.2) is 48.3 Å². The lowest BCUT2D eigenvalue weighted by molar-refractivity contribution is -0.154. The van der Waals surface area contributed by atoms with E-state index in [0.717, 1.165) is 6.42 Å². The summed E-state index contributed by atoms with van der Waals surface area (Å²) in [6.07, 6.45) is 0.561. The summed E-state index contributed by atoms with van der Waals surface area (Å²) in [6.45, 7) is -0.437. The molecule has 1 saturated heterocycles. The van der Waals surface area contributed by atoms with E-state index in [0.29, 0.717) is 16.9 Å². The molecule has 9 heteroatoms. The Kier molecular flexibility index (Phi) is 5.89. The third kappa shape index (κ3) is 3.87. The average molecular weight is 529 g/mol. The standard InChI is InChI=1S/C25H21BrO8/c1-31-15-4-2-3-13(9-15)23(28)33-14-7-5-12(6-8-14)18(27)11-32-24(29)19-16-10-17-20(19)25(30)34-22(17)21(16)26/h2-9,16-17,19-22H,10-11H2,1H3/t16-,17-,19-,20+,21+,22+/m1/s1. The molecule has 2 aliphatic carbocycles. The Bertz CT molecular complexity index is 1160. The van der Waals surface area contributed by atoms with Crippen LogP contribution >= 0.6 is 15.9 Å². The molecular formula is C25H21BrO8. The highest BCUT2D eigenvalue weighted by molar-refractivity contribution is 9.09. The van der Waals surface area contributed by atoms with Gasteiger partial charge >= 0.3 is 17.9 Å². The molecule has 0 amide bonds. The molecule has 176 valence electrons. The molecule has 2 aromatic carbocycles. The van der Waals surface area contributed by atoms with Crippen molar-refractivity contribution in [2.24, 2.45) is 23.7 Å². The van der Waals surface area contributed by atoms with Crippen LogP contribution in [0.25, 0.3) is 0 Å². The van der Waals surface area contributed by atoms with E-state index in [1.54, 1.807) is 24.3 Å². The van der Waals surface area contributed by atoms with E-state index in [4.69, 9.17) is 18.9 Å². The van der Waals surface area contributed by atoms with Crippen molar-refractivity contribution in [3.63, 3.8) is 0 Å². The van der Waals surface area contributed by atoms with Crippen LogP contribution in [0.1, 0.15) is 27.1 Å². The first-order chi connectivity index (χ1) is 16.4. The van der Waals surface area contributed by atoms with E-state index in [1.807, 2.05) is 0 Å². The highest BCUT2D eigenvalue weighted by Crippen LogP contribution is 2.60. The molecule has 34 heavy (non-hydrogen) atoms. The van der Waals surface area contributed by atoms with Crippen LogP contribution in [0.15, 0.2) is 48.5 Å². The fourth-order valence-electron chi connectivity index (χ4n) is 5.24. The normalized spacial score (nSPS) is 28.4. The second kappa shape index (κ2) is 8.87. The Hall–Kier alpha value is -3.20. The van der Waals surface area contributed by atoms with Crippen LogP contribution in [0.4, 0.5) is 0 Å². The van der Waals surface area contributed by atoms with Gasteiger partial charge in [-0.25, -0.2) is 4.79 Å². The number of esters is 3. The maximum atomic E-state index is 12.7. The number of ether oxygens (including phenoxy) is 4. The number of hydrogen-bond donors (Lipinski definition) is 0. The lowest BCUT2D eigenvalue weighted by Crippen LogP contribution is -2.39. The summed E-state index contributed by atoms with van der Waals surface area (Å²) in [5.41, 5.74) is 0.635. The van der Waals surface area contributed by atoms with Gasteiger partial charge in [-0.1, -0.05) is 22.0 Å². The first kappa shape index (κ1) is 22.6. The number of Topliss-reactive ketones (excluding diaryl/α,β-unsaturated/α-hetero) is 1. The Morgan fingerprint density at radius 2 is 1.79 bits per heavy atom. The number of alkyl halides is 1. The Balaban J connectivity index is 1.17. The molecule has 8 nitrogen and oxygen atoms in total. The molecule has 0 spiro atoms. The molecule has 0 N–H and O–H groups in total. The third-order valence-electron chi connectivity index (χ3n) is 6.83. The van der Waals surface area contributed by atoms with Gasteiger partial charge in [0.2, 0.25) is 0 Å². The van der Waals surface area contributed by atoms with Crippen molar-refractivity contribution in [1.82, 2.24) is 0 Å². The molecule has 1 aliphatic heterocycles. The van der Waals surface area contributed by atoms with Crippen molar-refractivity contribution in [2.75, 3.05) is 13.7 Å². The minimum atomic E-state index is -0.591. The van der Waals surface area contributed by atoms with Gasteiger partial charge in [0.25, 0.3) is 0 Å². The van der Waals surface area contributed by atoms with Gasteiger partial charge in [-0.05, 0) is 54.8 Å². The molecule has 6 atom stereocenters. The maximum Gasteiger partial charge on any atom is 0.343 e. The molecule has 5 rings (SSSR count). The summed E-state index contributed by atoms with van der Waals surface area (Å²) in [5, 5.41) is 0. The lowest BCUT2D eigenvalue weighted by atomic mass is 9.80. The largest absolute Gasteiger partial charge is 0.497 e. The molecule has 2 aromatic rings. The van der Waals surface area contributed by atoms with Crippen molar-refractivity contribution in [3.8, 4) is 11.5 Å². The van der Waals surface area contributed by atoms with Crippen LogP contribution in [0, 0.1) is 23.7 Å². The smallest absolute Gasteiger partial charge is 0.343 e. The monoisotopic (exact) mass is 528 g/mol. The topological polar surface area (TPSA) is 105 Å². The molecule has 1 heterocycles. The zero-order valence-electron chi connectivity index (χ0n) is 18.1. The zero-order chi connectivity index (χ0) is 24.0. The Morgan fingerprint density at radius 3 is 2.53 bits per heavy atom. The summed E-state index contributed by atoms with van der Waals surface area (Å²) >= 11 is 3.55. The van der Waals surface area contributed by atoms with Gasteiger partial charge in [0.1, 0.15) is 17.6 Å². The van der Waals surface area contributed by atoms with E-state index in [-0.39, 0.29) is 34.5 Å². The highest BCUT2D eigenvalue weighted by Gasteiger charge is 2.68. The number of carbonyl (C=O) groups is 4. The number of rotatable bonds is 7. The van der Waals surface area contributed by atoms with Gasteiger partial charge in [-0.15, -0.1) is 0 Å². The van der Waals surface area contributed by atoms with E-state index < -0.39 is 36.2 Å². The van der Waals surface area contributed by atoms with Crippen molar-refractivity contribution in [2.45, 2.75) is 17.4 Å². The van der Waals surface area contributed by atoms with Crippen LogP contribution in [0.5, 0.6) is 11.5 Å². The summed E-state index contributed by atoms with van der Waals surface area (Å²) in [5.74, 6) is -2.14. The molecule has 0 aromatic heterocycles. The summed E-state index contributed by atoms with van der Waals surface area (Å²) in [6, 6.07) is 12.5. The fraction of sp³-hybridized carbons (Fsp3) is 0.360. The molecule has 3 fully saturated rings. The quantitative estimate of drug-likeness (QED) is 0.233. The third-order valence-corrected chi connectivity index (χ3v) is 8.03. The number of fused-ring (bicyclic) bond motifs is 1. The number of hydrogen-bond acceptors (Lipinski definition) is 8. The second-order valence-electron chi connectivity index (χ2n) is 8.64. The van der Waals surface area contributed by atoms with Crippen molar-refractivity contribution < 1.29 is 38.1 Å². The maximum absolute atomic E-state index is 12.7. The SMILES string of the molecule is COc1cccc(C(=O)Oc2ccc(C(=O)COC(=O)[C@@H]3[C@H]4C[C@H]5[C@H](OC(=O)[C@@H]53)[C@H]4Br)cc2)c1. The molecule has 0 radical (unpaired) electrons. The molecule has 2 saturated carbocycles. The summed E-state index contributed by atoms with van der Waals surface area (Å²) in [4.78, 5) is 49.7. The predicted molar refractivity (Wildman–Crippen MR) is 121 cm³/mol. The van der Waals surface area contributed by atoms with Gasteiger partial charge in [-0.2, -0.15) is 0 Å². The molecular weight excluding hydrogens is 508 g/mol. The number of halogens is 1. The van der Waals surface area contributed by atoms with Gasteiger partial charge in [-0.3, -0.25) is 14.4 Å². The highest BCUT2D eigenvalue weighted by atomic mass is 79.9. The first-order valence-electron chi connectivity index (χ1n) is 10.9. The van der Waals surface area contributed by atoms with Crippen LogP contribution in [0.3, 0.4) is 0 Å². The van der Waals surface area contributed by atoms with Crippen LogP contribution in [0.2, 0.25) is 0 Å². The van der Waals surface area contributed by atoms with Crippen LogP contribution < -0.4 is 9.47 Å². The number of carbonyl (C=O) groups excluding carboxylic acids is 4. The zero-order valence-corrected chi connectivity index (χ0v) is 19.7. The Labute approximate surface area is 203 Å². The van der Waals surface area contributed by atoms with Crippen molar-refractivity contribution in [3.05, 3.63) is 59.7 Å². The first-order valence-corrected chi connectivity index (χ1v) is 11.8. The van der Waals surface area contributed by atoms with E-state index in [1.165, 1.54) is 31.4 Å². The predicted octanol–water partition coefficient (Wildman–Crippen LogP) is 3.21. The summed E-state index contributed by atoms with van der Waals surface area (Å²) in [7, 11) is 1.51. The average Bonchev–Trinajstić information content (AvgIpc) is 3.47. The second-order valence-corrected chi connectivity index (χ2v) is 9.69. The van der Waals surface area contributed by atoms with Gasteiger partial charge in [0, 0.05) is 11.5 Å². The van der Waals surface area contributed by atoms with Crippen molar-refractivity contribution in [1.29, 1.82) is 0 Å². The number of methoxy groups -OCH3 is 1. The number of benzene rings is 2. The molecule has 2 bridgehead atoms. The minimum Gasteiger partial charge on any atom is -0.497 e. The van der Waals surface area contributed by atoms with Gasteiger partial charge in [0.05, 0.1) is 29.3 Å². The molecule has 3 aliphatic rings.